The maximum atomic E-state index is 12.4. The predicted molar refractivity (Wildman–Crippen MR) is 41.6 cm³/mol. The van der Waals surface area contributed by atoms with E-state index in [1.807, 2.05) is 14.1 Å². The van der Waals surface area contributed by atoms with E-state index in [0.717, 1.165) is 4.55 Å². The number of quaternary nitrogens is 1. The van der Waals surface area contributed by atoms with Crippen LogP contribution in [0.4, 0.5) is 4.39 Å². The zero-order valence-electron chi connectivity index (χ0n) is 5.87. The molecule has 0 rings (SSSR count). The number of hydrogen-bond acceptors (Lipinski definition) is 0. The van der Waals surface area contributed by atoms with Gasteiger partial charge in [0.25, 0.3) is 0 Å². The van der Waals surface area contributed by atoms with E-state index in [1.54, 1.807) is 6.92 Å². The first kappa shape index (κ1) is 12.6. The molecule has 0 N–H and O–H groups in total. The lowest BCUT2D eigenvalue weighted by atomic mass is 10.5. The molecular formula is C5H12ClFIN. The molecule has 0 aromatic heterocycles. The van der Waals surface area contributed by atoms with E-state index in [1.165, 1.54) is 0 Å². The van der Waals surface area contributed by atoms with Crippen molar-refractivity contribution < 1.29 is 21.3 Å². The zero-order valence-corrected chi connectivity index (χ0v) is 8.78. The van der Waals surface area contributed by atoms with Gasteiger partial charge in [-0.3, -0.25) is 4.48 Å². The molecule has 4 heteroatoms. The molecule has 0 aliphatic heterocycles. The van der Waals surface area contributed by atoms with Gasteiger partial charge in [-0.05, 0) is 22.6 Å². The van der Waals surface area contributed by atoms with Crippen molar-refractivity contribution in [3.63, 3.8) is 0 Å². The van der Waals surface area contributed by atoms with Crippen LogP contribution < -0.4 is 12.4 Å². The number of hydrogen-bond donors (Lipinski definition) is 0. The van der Waals surface area contributed by atoms with Crippen LogP contribution in [0.5, 0.6) is 0 Å². The molecule has 9 heavy (non-hydrogen) atoms. The Morgan fingerprint density at radius 1 is 1.56 bits per heavy atom. The van der Waals surface area contributed by atoms with Gasteiger partial charge in [0.15, 0.2) is 0 Å². The van der Waals surface area contributed by atoms with Crippen molar-refractivity contribution in [3.05, 3.63) is 0 Å². The van der Waals surface area contributed by atoms with Crippen molar-refractivity contribution >= 4 is 22.6 Å². The molecule has 1 atom stereocenters. The summed E-state index contributed by atoms with van der Waals surface area (Å²) in [6.45, 7) is 1.58. The molecule has 58 valence electrons. The normalized spacial score (nSPS) is 14.3. The maximum Gasteiger partial charge on any atom is 0.229 e. The molecule has 0 spiro atoms. The first-order chi connectivity index (χ1) is 3.50. The third kappa shape index (κ3) is 4.33. The van der Waals surface area contributed by atoms with E-state index in [4.69, 9.17) is 0 Å². The van der Waals surface area contributed by atoms with Gasteiger partial charge in [0, 0.05) is 6.92 Å². The summed E-state index contributed by atoms with van der Waals surface area (Å²) in [7, 11) is 3.74. The fourth-order valence-corrected chi connectivity index (χ4v) is 0.638. The monoisotopic (exact) mass is 267 g/mol. The van der Waals surface area contributed by atoms with Crippen LogP contribution in [0.3, 0.4) is 0 Å². The molecule has 0 aromatic rings. The van der Waals surface area contributed by atoms with Gasteiger partial charge in [0.2, 0.25) is 6.30 Å². The van der Waals surface area contributed by atoms with E-state index in [0.29, 0.717) is 4.48 Å². The lowest BCUT2D eigenvalue weighted by Crippen LogP contribution is -3.00. The lowest BCUT2D eigenvalue weighted by Gasteiger charge is -2.28. The van der Waals surface area contributed by atoms with Gasteiger partial charge in [0.1, 0.15) is 4.55 Å². The van der Waals surface area contributed by atoms with Crippen LogP contribution in [-0.4, -0.2) is 29.4 Å². The molecule has 1 unspecified atom stereocenters. The van der Waals surface area contributed by atoms with Crippen LogP contribution in [0.1, 0.15) is 6.92 Å². The van der Waals surface area contributed by atoms with Crippen molar-refractivity contribution in [3.8, 4) is 0 Å². The third-order valence-electron chi connectivity index (χ3n) is 1.27. The van der Waals surface area contributed by atoms with Crippen molar-refractivity contribution in [2.75, 3.05) is 18.6 Å². The van der Waals surface area contributed by atoms with Crippen molar-refractivity contribution in [2.45, 2.75) is 13.2 Å². The van der Waals surface area contributed by atoms with E-state index in [-0.39, 0.29) is 12.4 Å². The minimum Gasteiger partial charge on any atom is -1.00 e. The second kappa shape index (κ2) is 4.68. The number of rotatable bonds is 2. The Balaban J connectivity index is 0. The summed E-state index contributed by atoms with van der Waals surface area (Å²) in [4.78, 5) is 0. The summed E-state index contributed by atoms with van der Waals surface area (Å²) >= 11 is 2.18. The van der Waals surface area contributed by atoms with Gasteiger partial charge >= 0.3 is 0 Å². The topological polar surface area (TPSA) is 0 Å². The van der Waals surface area contributed by atoms with Gasteiger partial charge in [-0.1, -0.05) is 0 Å². The Bertz CT molecular complexity index is 77.4. The van der Waals surface area contributed by atoms with Crippen molar-refractivity contribution in [2.24, 2.45) is 0 Å². The van der Waals surface area contributed by atoms with Gasteiger partial charge in [-0.2, -0.15) is 4.39 Å². The van der Waals surface area contributed by atoms with Crippen LogP contribution in [0, 0.1) is 0 Å². The van der Waals surface area contributed by atoms with Crippen LogP contribution >= 0.6 is 22.6 Å². The minimum atomic E-state index is -0.758. The molecule has 0 heterocycles. The van der Waals surface area contributed by atoms with Gasteiger partial charge in [-0.25, -0.2) is 0 Å². The number of nitrogens with zero attached hydrogens (tertiary/aromatic N) is 1. The van der Waals surface area contributed by atoms with Crippen molar-refractivity contribution in [1.82, 2.24) is 0 Å². The van der Waals surface area contributed by atoms with E-state index in [9.17, 15) is 4.39 Å². The van der Waals surface area contributed by atoms with Gasteiger partial charge < -0.3 is 12.4 Å². The molecule has 0 aromatic carbocycles. The maximum absolute atomic E-state index is 12.4. The van der Waals surface area contributed by atoms with Crippen molar-refractivity contribution in [1.29, 1.82) is 0 Å². The van der Waals surface area contributed by atoms with E-state index < -0.39 is 6.30 Å². The summed E-state index contributed by atoms with van der Waals surface area (Å²) in [5, 5.41) is 0. The minimum absolute atomic E-state index is 0. The Hall–Kier alpha value is 0.910. The standard InChI is InChI=1S/C5H12FIN.ClH/c1-5(6)8(2,3)4-7;/h5H,4H2,1-3H3;1H/q+1;/p-1. The Morgan fingerprint density at radius 2 is 1.89 bits per heavy atom. The molecule has 0 saturated heterocycles. The first-order valence-corrected chi connectivity index (χ1v) is 4.06. The Kier molecular flexibility index (Phi) is 6.54. The Morgan fingerprint density at radius 3 is 1.89 bits per heavy atom. The lowest BCUT2D eigenvalue weighted by molar-refractivity contribution is -0.912. The highest BCUT2D eigenvalue weighted by Crippen LogP contribution is 2.09. The van der Waals surface area contributed by atoms with Gasteiger partial charge in [0.05, 0.1) is 14.1 Å². The summed E-state index contributed by atoms with van der Waals surface area (Å²) < 4.78 is 13.7. The molecule has 0 amide bonds. The number of halogens is 3. The third-order valence-corrected chi connectivity index (χ3v) is 3.03. The largest absolute Gasteiger partial charge is 1.00 e. The quantitative estimate of drug-likeness (QED) is 0.255. The molecular weight excluding hydrogens is 255 g/mol. The number of alkyl halides is 2. The van der Waals surface area contributed by atoms with E-state index >= 15 is 0 Å². The summed E-state index contributed by atoms with van der Waals surface area (Å²) in [5.41, 5.74) is 0. The fraction of sp³-hybridized carbons (Fsp3) is 1.00. The highest BCUT2D eigenvalue weighted by Gasteiger charge is 2.20. The van der Waals surface area contributed by atoms with Crippen LogP contribution in [0.15, 0.2) is 0 Å². The zero-order chi connectivity index (χ0) is 6.78. The highest BCUT2D eigenvalue weighted by molar-refractivity contribution is 14.1. The summed E-state index contributed by atoms with van der Waals surface area (Å²) in [6.07, 6.45) is -0.758. The second-order valence-electron chi connectivity index (χ2n) is 2.47. The second-order valence-corrected chi connectivity index (χ2v) is 3.15. The SMILES string of the molecule is CC(F)[N+](C)(C)CI.[Cl-]. The molecule has 0 aliphatic rings. The Labute approximate surface area is 75.7 Å². The van der Waals surface area contributed by atoms with Crippen LogP contribution in [0.2, 0.25) is 0 Å². The molecule has 0 aliphatic carbocycles. The average molecular weight is 268 g/mol. The van der Waals surface area contributed by atoms with Crippen LogP contribution in [-0.2, 0) is 0 Å². The molecule has 0 radical (unpaired) electrons. The molecule has 0 bridgehead atoms. The fourth-order valence-electron chi connectivity index (χ4n) is 0.0951. The molecule has 1 nitrogen and oxygen atoms in total. The summed E-state index contributed by atoms with van der Waals surface area (Å²) in [5.74, 6) is 0. The molecule has 0 fully saturated rings. The predicted octanol–water partition coefficient (Wildman–Crippen LogP) is -1.23. The average Bonchev–Trinajstić information content (AvgIpc) is 1.67. The van der Waals surface area contributed by atoms with E-state index in [2.05, 4.69) is 22.6 Å². The first-order valence-electron chi connectivity index (χ1n) is 2.53. The smallest absolute Gasteiger partial charge is 0.229 e. The summed E-state index contributed by atoms with van der Waals surface area (Å²) in [6, 6.07) is 0. The van der Waals surface area contributed by atoms with Gasteiger partial charge in [-0.15, -0.1) is 0 Å². The highest BCUT2D eigenvalue weighted by atomic mass is 127. The molecule has 0 saturated carbocycles. The van der Waals surface area contributed by atoms with Crippen LogP contribution in [0.25, 0.3) is 0 Å².